The van der Waals surface area contributed by atoms with Crippen molar-refractivity contribution in [2.75, 3.05) is 18.5 Å². The van der Waals surface area contributed by atoms with Crippen molar-refractivity contribution >= 4 is 29.0 Å². The molecule has 2 aromatic heterocycles. The van der Waals surface area contributed by atoms with Crippen LogP contribution in [0, 0.1) is 0 Å². The van der Waals surface area contributed by atoms with Crippen molar-refractivity contribution in [3.05, 3.63) is 40.8 Å². The Morgan fingerprint density at radius 1 is 1.31 bits per heavy atom. The second-order valence-corrected chi connectivity index (χ2v) is 10.1. The Kier molecular flexibility index (Phi) is 6.56. The molecule has 1 N–H and O–H groups in total. The number of halogens is 5. The minimum Gasteiger partial charge on any atom is -0.461 e. The summed E-state index contributed by atoms with van der Waals surface area (Å²) >= 11 is 0.503. The van der Waals surface area contributed by atoms with Gasteiger partial charge >= 0.3 is 12.1 Å². The molecule has 1 saturated carbocycles. The number of nitrogens with zero attached hydrogens (tertiary/aromatic N) is 3. The van der Waals surface area contributed by atoms with E-state index in [9.17, 15) is 31.5 Å². The molecule has 1 aliphatic carbocycles. The number of aromatic nitrogens is 2. The van der Waals surface area contributed by atoms with E-state index < -0.39 is 53.8 Å². The number of ether oxygens (including phenoxy) is 1. The van der Waals surface area contributed by atoms with Crippen molar-refractivity contribution in [1.29, 1.82) is 0 Å². The molecule has 2 aliphatic rings. The maximum atomic E-state index is 14.2. The first-order chi connectivity index (χ1) is 16.7. The molecule has 0 atom stereocenters. The standard InChI is InChI=1S/C23H23F5N4O3S/c1-4-35-20(34)18-30-16(19(33)32-11-22(24,25)9-12(32)2)17(36-18)13-10-29-15(8-14(13)23(26,27)28)31-21(3)6-5-7-21/h8,10H,2,4-7,9,11H2,1,3H3,(H,29,31). The first-order valence-electron chi connectivity index (χ1n) is 11.1. The van der Waals surface area contributed by atoms with E-state index in [1.165, 1.54) is 6.92 Å². The number of allylic oxidation sites excluding steroid dienone is 1. The van der Waals surface area contributed by atoms with Crippen LogP contribution in [0.2, 0.25) is 0 Å². The van der Waals surface area contributed by atoms with Gasteiger partial charge in [0.05, 0.1) is 30.0 Å². The second kappa shape index (κ2) is 9.09. The maximum absolute atomic E-state index is 14.2. The second-order valence-electron chi connectivity index (χ2n) is 9.06. The average Bonchev–Trinajstić information content (AvgIpc) is 3.32. The molecular formula is C23H23F5N4O3S. The number of esters is 1. The van der Waals surface area contributed by atoms with Crippen LogP contribution in [0.1, 0.15) is 65.4 Å². The zero-order valence-electron chi connectivity index (χ0n) is 19.5. The molecule has 1 saturated heterocycles. The lowest BCUT2D eigenvalue weighted by atomic mass is 9.78. The van der Waals surface area contributed by atoms with Crippen LogP contribution in [0.5, 0.6) is 0 Å². The number of thiazole rings is 1. The fourth-order valence-corrected chi connectivity index (χ4v) is 5.12. The predicted molar refractivity (Wildman–Crippen MR) is 122 cm³/mol. The summed E-state index contributed by atoms with van der Waals surface area (Å²) in [5.74, 6) is -5.28. The minimum atomic E-state index is -4.85. The fourth-order valence-electron chi connectivity index (χ4n) is 4.14. The summed E-state index contributed by atoms with van der Waals surface area (Å²) in [6, 6.07) is 0.833. The van der Waals surface area contributed by atoms with E-state index in [0.29, 0.717) is 16.2 Å². The van der Waals surface area contributed by atoms with Gasteiger partial charge in [0, 0.05) is 23.0 Å². The van der Waals surface area contributed by atoms with Crippen molar-refractivity contribution in [2.45, 2.75) is 57.2 Å². The van der Waals surface area contributed by atoms with Crippen LogP contribution in [0.15, 0.2) is 24.5 Å². The van der Waals surface area contributed by atoms with Gasteiger partial charge in [-0.1, -0.05) is 6.58 Å². The summed E-state index contributed by atoms with van der Waals surface area (Å²) in [7, 11) is 0. The van der Waals surface area contributed by atoms with Gasteiger partial charge in [-0.25, -0.2) is 23.5 Å². The third-order valence-corrected chi connectivity index (χ3v) is 7.17. The number of hydrogen-bond acceptors (Lipinski definition) is 7. The molecule has 36 heavy (non-hydrogen) atoms. The van der Waals surface area contributed by atoms with Gasteiger partial charge in [-0.15, -0.1) is 11.3 Å². The van der Waals surface area contributed by atoms with Crippen LogP contribution >= 0.6 is 11.3 Å². The summed E-state index contributed by atoms with van der Waals surface area (Å²) in [5, 5.41) is 2.63. The van der Waals surface area contributed by atoms with Crippen LogP contribution in [0.4, 0.5) is 27.8 Å². The van der Waals surface area contributed by atoms with Gasteiger partial charge in [0.15, 0.2) is 0 Å². The molecule has 4 rings (SSSR count). The van der Waals surface area contributed by atoms with Gasteiger partial charge in [0.25, 0.3) is 11.8 Å². The SMILES string of the molecule is C=C1CC(F)(F)CN1C(=O)c1nc(C(=O)OCC)sc1-c1cnc(NC2(C)CCC2)cc1C(F)(F)F. The van der Waals surface area contributed by atoms with Crippen LogP contribution in [0.3, 0.4) is 0 Å². The zero-order chi connectivity index (χ0) is 26.5. The first-order valence-corrected chi connectivity index (χ1v) is 12.0. The van der Waals surface area contributed by atoms with Crippen molar-refractivity contribution < 1.29 is 36.3 Å². The Morgan fingerprint density at radius 3 is 2.53 bits per heavy atom. The van der Waals surface area contributed by atoms with Gasteiger partial charge < -0.3 is 15.0 Å². The molecule has 2 aromatic rings. The van der Waals surface area contributed by atoms with Gasteiger partial charge in [0.1, 0.15) is 11.5 Å². The molecule has 0 radical (unpaired) electrons. The van der Waals surface area contributed by atoms with Crippen LogP contribution < -0.4 is 5.32 Å². The number of alkyl halides is 5. The number of likely N-dealkylation sites (tertiary alicyclic amines) is 1. The maximum Gasteiger partial charge on any atom is 0.417 e. The van der Waals surface area contributed by atoms with Gasteiger partial charge in [-0.3, -0.25) is 4.79 Å². The Morgan fingerprint density at radius 2 is 2.00 bits per heavy atom. The molecule has 1 aliphatic heterocycles. The van der Waals surface area contributed by atoms with Crippen molar-refractivity contribution in [2.24, 2.45) is 0 Å². The number of carbonyl (C=O) groups excluding carboxylic acids is 2. The lowest BCUT2D eigenvalue weighted by Crippen LogP contribution is -2.41. The molecular weight excluding hydrogens is 507 g/mol. The summed E-state index contributed by atoms with van der Waals surface area (Å²) in [5.41, 5.74) is -2.77. The molecule has 0 spiro atoms. The topological polar surface area (TPSA) is 84.4 Å². The zero-order valence-corrected chi connectivity index (χ0v) is 20.3. The lowest BCUT2D eigenvalue weighted by molar-refractivity contribution is -0.137. The highest BCUT2D eigenvalue weighted by Crippen LogP contribution is 2.44. The number of carbonyl (C=O) groups is 2. The normalized spacial score (nSPS) is 18.6. The molecule has 1 amide bonds. The number of hydrogen-bond donors (Lipinski definition) is 1. The Hall–Kier alpha value is -3.09. The summed E-state index contributed by atoms with van der Waals surface area (Å²) in [4.78, 5) is 33.9. The molecule has 3 heterocycles. The highest BCUT2D eigenvalue weighted by Gasteiger charge is 2.45. The molecule has 13 heteroatoms. The molecule has 0 aromatic carbocycles. The van der Waals surface area contributed by atoms with E-state index in [2.05, 4.69) is 21.9 Å². The highest BCUT2D eigenvalue weighted by molar-refractivity contribution is 7.17. The van der Waals surface area contributed by atoms with Crippen LogP contribution in [-0.2, 0) is 10.9 Å². The van der Waals surface area contributed by atoms with Crippen LogP contribution in [0.25, 0.3) is 10.4 Å². The van der Waals surface area contributed by atoms with E-state index in [1.54, 1.807) is 0 Å². The van der Waals surface area contributed by atoms with E-state index in [4.69, 9.17) is 4.74 Å². The first kappa shape index (κ1) is 26.0. The molecule has 7 nitrogen and oxygen atoms in total. The van der Waals surface area contributed by atoms with E-state index >= 15 is 0 Å². The minimum absolute atomic E-state index is 0.00356. The van der Waals surface area contributed by atoms with Crippen molar-refractivity contribution in [1.82, 2.24) is 14.9 Å². The third-order valence-electron chi connectivity index (χ3n) is 6.10. The van der Waals surface area contributed by atoms with E-state index in [-0.39, 0.29) is 33.5 Å². The Bertz CT molecular complexity index is 1220. The van der Waals surface area contributed by atoms with Gasteiger partial charge in [0.2, 0.25) is 5.01 Å². The Labute approximate surface area is 207 Å². The van der Waals surface area contributed by atoms with Crippen molar-refractivity contribution in [3.63, 3.8) is 0 Å². The Balaban J connectivity index is 1.82. The lowest BCUT2D eigenvalue weighted by Gasteiger charge is -2.39. The number of amides is 1. The monoisotopic (exact) mass is 530 g/mol. The summed E-state index contributed by atoms with van der Waals surface area (Å²) < 4.78 is 75.1. The van der Waals surface area contributed by atoms with Crippen LogP contribution in [-0.4, -0.2) is 51.4 Å². The van der Waals surface area contributed by atoms with Gasteiger partial charge in [-0.05, 0) is 39.2 Å². The highest BCUT2D eigenvalue weighted by atomic mass is 32.1. The molecule has 0 bridgehead atoms. The predicted octanol–water partition coefficient (Wildman–Crippen LogP) is 5.75. The average molecular weight is 531 g/mol. The van der Waals surface area contributed by atoms with E-state index in [1.807, 2.05) is 6.92 Å². The molecule has 194 valence electrons. The number of anilines is 1. The number of pyridine rings is 1. The number of rotatable bonds is 6. The smallest absolute Gasteiger partial charge is 0.417 e. The van der Waals surface area contributed by atoms with E-state index in [0.717, 1.165) is 31.5 Å². The summed E-state index contributed by atoms with van der Waals surface area (Å²) in [6.45, 7) is 5.84. The molecule has 2 fully saturated rings. The fraction of sp³-hybridized carbons (Fsp3) is 0.478. The van der Waals surface area contributed by atoms with Gasteiger partial charge in [-0.2, -0.15) is 13.2 Å². The number of nitrogens with one attached hydrogen (secondary N) is 1. The molecule has 0 unspecified atom stereocenters. The summed E-state index contributed by atoms with van der Waals surface area (Å²) in [6.07, 6.45) is -2.19. The quantitative estimate of drug-likeness (QED) is 0.378. The van der Waals surface area contributed by atoms with Crippen molar-refractivity contribution in [3.8, 4) is 10.4 Å². The third kappa shape index (κ3) is 5.06. The largest absolute Gasteiger partial charge is 0.461 e.